The molecule has 10 nitrogen and oxygen atoms in total. The van der Waals surface area contributed by atoms with Crippen LogP contribution in [0.4, 0.5) is 4.39 Å². The normalized spacial score (nSPS) is 11.4. The highest BCUT2D eigenvalue weighted by atomic mass is 32.1. The summed E-state index contributed by atoms with van der Waals surface area (Å²) in [5.41, 5.74) is 5.38. The fourth-order valence-corrected chi connectivity index (χ4v) is 3.15. The van der Waals surface area contributed by atoms with Crippen LogP contribution in [0.2, 0.25) is 0 Å². The van der Waals surface area contributed by atoms with Crippen molar-refractivity contribution in [2.45, 2.75) is 18.9 Å². The molecule has 1 amide bonds. The van der Waals surface area contributed by atoms with E-state index in [1.807, 2.05) is 0 Å². The van der Waals surface area contributed by atoms with Gasteiger partial charge in [0.15, 0.2) is 11.6 Å². The van der Waals surface area contributed by atoms with Gasteiger partial charge in [0.1, 0.15) is 16.8 Å². The van der Waals surface area contributed by atoms with E-state index in [-0.39, 0.29) is 28.4 Å². The summed E-state index contributed by atoms with van der Waals surface area (Å²) in [4.78, 5) is 46.2. The highest BCUT2D eigenvalue weighted by Crippen LogP contribution is 2.23. The molecule has 0 aliphatic rings. The molecule has 0 aliphatic heterocycles. The molecular weight excluding hydrogens is 421 g/mol. The number of amides is 1. The van der Waals surface area contributed by atoms with Gasteiger partial charge in [0.05, 0.1) is 12.8 Å². The van der Waals surface area contributed by atoms with Gasteiger partial charge in [0, 0.05) is 10.4 Å². The molecule has 0 bridgehead atoms. The third-order valence-electron chi connectivity index (χ3n) is 3.66. The molecule has 0 unspecified atom stereocenters. The molecule has 0 saturated carbocycles. The molecular formula is C18H16FN3O7S. The van der Waals surface area contributed by atoms with E-state index in [0.717, 1.165) is 23.5 Å². The van der Waals surface area contributed by atoms with Crippen LogP contribution in [0.1, 0.15) is 26.5 Å². The van der Waals surface area contributed by atoms with Gasteiger partial charge in [-0.1, -0.05) is 0 Å². The van der Waals surface area contributed by atoms with E-state index < -0.39 is 42.1 Å². The van der Waals surface area contributed by atoms with Crippen molar-refractivity contribution in [3.8, 4) is 5.75 Å². The Balaban J connectivity index is 2.01. The molecule has 0 radical (unpaired) electrons. The second-order valence-electron chi connectivity index (χ2n) is 5.95. The smallest absolute Gasteiger partial charge is 0.353 e. The summed E-state index contributed by atoms with van der Waals surface area (Å²) in [7, 11) is 0. The summed E-state index contributed by atoms with van der Waals surface area (Å²) in [6.07, 6.45) is -1.07. The number of nitrogen functional groups attached to an aromatic ring is 1. The van der Waals surface area contributed by atoms with Crippen LogP contribution in [0.3, 0.4) is 0 Å². The summed E-state index contributed by atoms with van der Waals surface area (Å²) >= 11 is 0.876. The van der Waals surface area contributed by atoms with Crippen molar-refractivity contribution in [3.05, 3.63) is 51.5 Å². The number of carbonyl (C=O) groups excluding carboxylic acids is 2. The maximum atomic E-state index is 14.0. The van der Waals surface area contributed by atoms with Crippen LogP contribution >= 0.6 is 11.3 Å². The molecule has 0 fully saturated rings. The van der Waals surface area contributed by atoms with Crippen LogP contribution in [0.15, 0.2) is 30.3 Å². The number of carbonyl (C=O) groups is 4. The SMILES string of the molecule is N=C(N)c1ccc(OC(=O)c2ccc(CC(=O)N[C@@H](CC(=O)O)C(=O)O)s2)c(F)c1. The van der Waals surface area contributed by atoms with E-state index in [1.54, 1.807) is 0 Å². The molecule has 1 aromatic heterocycles. The van der Waals surface area contributed by atoms with Crippen LogP contribution in [-0.2, 0) is 20.8 Å². The molecule has 6 N–H and O–H groups in total. The average Bonchev–Trinajstić information content (AvgIpc) is 3.10. The van der Waals surface area contributed by atoms with Gasteiger partial charge in [-0.05, 0) is 30.3 Å². The second kappa shape index (κ2) is 9.60. The first-order chi connectivity index (χ1) is 14.1. The van der Waals surface area contributed by atoms with Crippen molar-refractivity contribution >= 4 is 41.0 Å². The highest BCUT2D eigenvalue weighted by molar-refractivity contribution is 7.14. The third-order valence-corrected chi connectivity index (χ3v) is 4.72. The molecule has 2 aromatic rings. The molecule has 0 saturated heterocycles. The zero-order valence-corrected chi connectivity index (χ0v) is 16.0. The van der Waals surface area contributed by atoms with Crippen molar-refractivity contribution < 1.29 is 38.5 Å². The molecule has 1 aromatic carbocycles. The minimum absolute atomic E-state index is 0.0631. The Morgan fingerprint density at radius 2 is 1.90 bits per heavy atom. The number of nitrogens with two attached hydrogens (primary N) is 1. The van der Waals surface area contributed by atoms with Crippen LogP contribution < -0.4 is 15.8 Å². The lowest BCUT2D eigenvalue weighted by molar-refractivity contribution is -0.147. The maximum absolute atomic E-state index is 14.0. The van der Waals surface area contributed by atoms with Gasteiger partial charge in [-0.3, -0.25) is 15.0 Å². The molecule has 0 aliphatic carbocycles. The molecule has 1 atom stereocenters. The topological polar surface area (TPSA) is 180 Å². The van der Waals surface area contributed by atoms with Crippen molar-refractivity contribution in [1.29, 1.82) is 5.41 Å². The van der Waals surface area contributed by atoms with Crippen molar-refractivity contribution in [3.63, 3.8) is 0 Å². The summed E-state index contributed by atoms with van der Waals surface area (Å²) in [5.74, 6) is -6.08. The average molecular weight is 437 g/mol. The number of carboxylic acid groups (broad SMARTS) is 2. The number of ether oxygens (including phenoxy) is 1. The Morgan fingerprint density at radius 3 is 2.47 bits per heavy atom. The zero-order valence-electron chi connectivity index (χ0n) is 15.2. The predicted molar refractivity (Wildman–Crippen MR) is 102 cm³/mol. The van der Waals surface area contributed by atoms with Gasteiger partial charge in [-0.25, -0.2) is 14.0 Å². The monoisotopic (exact) mass is 437 g/mol. The number of benzene rings is 1. The van der Waals surface area contributed by atoms with Crippen molar-refractivity contribution in [1.82, 2.24) is 5.32 Å². The Hall–Kier alpha value is -3.80. The number of aliphatic carboxylic acids is 2. The zero-order chi connectivity index (χ0) is 22.4. The minimum atomic E-state index is -1.58. The quantitative estimate of drug-likeness (QED) is 0.167. The lowest BCUT2D eigenvalue weighted by Gasteiger charge is -2.11. The van der Waals surface area contributed by atoms with Gasteiger partial charge in [-0.15, -0.1) is 11.3 Å². The largest absolute Gasteiger partial charge is 0.481 e. The molecule has 30 heavy (non-hydrogen) atoms. The number of rotatable bonds is 9. The molecule has 1 heterocycles. The van der Waals surface area contributed by atoms with Gasteiger partial charge in [-0.2, -0.15) is 0 Å². The van der Waals surface area contributed by atoms with Crippen molar-refractivity contribution in [2.75, 3.05) is 0 Å². The Kier molecular flexibility index (Phi) is 7.20. The second-order valence-corrected chi connectivity index (χ2v) is 7.12. The third kappa shape index (κ3) is 6.10. The van der Waals surface area contributed by atoms with Gasteiger partial charge < -0.3 is 26.0 Å². The summed E-state index contributed by atoms with van der Waals surface area (Å²) < 4.78 is 18.9. The first-order valence-corrected chi connectivity index (χ1v) is 9.07. The lowest BCUT2D eigenvalue weighted by atomic mass is 10.2. The van der Waals surface area contributed by atoms with Crippen LogP contribution in [0.5, 0.6) is 5.75 Å². The molecule has 2 rings (SSSR count). The predicted octanol–water partition coefficient (Wildman–Crippen LogP) is 0.977. The number of esters is 1. The summed E-state index contributed by atoms with van der Waals surface area (Å²) in [6.45, 7) is 0. The molecule has 0 spiro atoms. The number of hydrogen-bond donors (Lipinski definition) is 5. The van der Waals surface area contributed by atoms with Gasteiger partial charge in [0.2, 0.25) is 5.91 Å². The lowest BCUT2D eigenvalue weighted by Crippen LogP contribution is -2.42. The van der Waals surface area contributed by atoms with E-state index in [2.05, 4.69) is 5.32 Å². The Morgan fingerprint density at radius 1 is 1.20 bits per heavy atom. The highest BCUT2D eigenvalue weighted by Gasteiger charge is 2.23. The van der Waals surface area contributed by atoms with Gasteiger partial charge >= 0.3 is 17.9 Å². The van der Waals surface area contributed by atoms with Crippen LogP contribution in [-0.4, -0.2) is 45.9 Å². The minimum Gasteiger partial charge on any atom is -0.481 e. The fourth-order valence-electron chi connectivity index (χ4n) is 2.26. The maximum Gasteiger partial charge on any atom is 0.353 e. The Bertz CT molecular complexity index is 1020. The number of thiophene rings is 1. The molecule has 158 valence electrons. The first-order valence-electron chi connectivity index (χ1n) is 8.25. The Labute approximate surface area is 172 Å². The summed E-state index contributed by atoms with van der Waals surface area (Å²) in [5, 5.41) is 27.0. The molecule has 12 heteroatoms. The van der Waals surface area contributed by atoms with Crippen molar-refractivity contribution in [2.24, 2.45) is 5.73 Å². The number of nitrogens with one attached hydrogen (secondary N) is 2. The van der Waals surface area contributed by atoms with Gasteiger partial charge in [0.25, 0.3) is 0 Å². The van der Waals surface area contributed by atoms with E-state index in [1.165, 1.54) is 18.2 Å². The van der Waals surface area contributed by atoms with Crippen LogP contribution in [0, 0.1) is 11.2 Å². The number of halogens is 1. The van der Waals surface area contributed by atoms with E-state index in [0.29, 0.717) is 4.88 Å². The number of hydrogen-bond acceptors (Lipinski definition) is 7. The number of amidine groups is 1. The van der Waals surface area contributed by atoms with E-state index in [4.69, 9.17) is 26.1 Å². The summed E-state index contributed by atoms with van der Waals surface area (Å²) in [6, 6.07) is 4.62. The first kappa shape index (κ1) is 22.5. The van der Waals surface area contributed by atoms with E-state index in [9.17, 15) is 23.6 Å². The standard InChI is InChI=1S/C18H16FN3O7S/c19-10-5-8(16(20)21)1-3-12(10)29-18(28)13-4-2-9(30-13)6-14(23)22-11(17(26)27)7-15(24)25/h1-5,11H,6-7H2,(H3,20,21)(H,22,23)(H,24,25)(H,26,27)/t11-/m0/s1. The van der Waals surface area contributed by atoms with Crippen LogP contribution in [0.25, 0.3) is 0 Å². The number of carboxylic acids is 2. The van der Waals surface area contributed by atoms with E-state index >= 15 is 0 Å². The fraction of sp³-hybridized carbons (Fsp3) is 0.167.